The van der Waals surface area contributed by atoms with Crippen LogP contribution < -0.4 is 10.6 Å². The van der Waals surface area contributed by atoms with Crippen LogP contribution in [-0.4, -0.2) is 31.7 Å². The third kappa shape index (κ3) is 3.83. The second kappa shape index (κ2) is 6.57. The maximum atomic E-state index is 12.0. The van der Waals surface area contributed by atoms with Crippen LogP contribution in [0.25, 0.3) is 0 Å². The van der Waals surface area contributed by atoms with E-state index >= 15 is 0 Å². The summed E-state index contributed by atoms with van der Waals surface area (Å²) in [6.45, 7) is 3.74. The van der Waals surface area contributed by atoms with Crippen molar-refractivity contribution in [3.63, 3.8) is 0 Å². The summed E-state index contributed by atoms with van der Waals surface area (Å²) in [6, 6.07) is 5.04. The highest BCUT2D eigenvalue weighted by atomic mass is 35.5. The molecule has 0 spiro atoms. The molecule has 1 saturated heterocycles. The van der Waals surface area contributed by atoms with Crippen LogP contribution in [0.4, 0.5) is 0 Å². The third-order valence-corrected chi connectivity index (χ3v) is 3.57. The van der Waals surface area contributed by atoms with Gasteiger partial charge in [0, 0.05) is 23.1 Å². The first-order valence-corrected chi connectivity index (χ1v) is 6.91. The molecule has 1 aromatic carbocycles. The van der Waals surface area contributed by atoms with Crippen LogP contribution in [0.5, 0.6) is 0 Å². The van der Waals surface area contributed by atoms with Crippen molar-refractivity contribution in [1.82, 2.24) is 10.6 Å². The fourth-order valence-electron chi connectivity index (χ4n) is 1.97. The van der Waals surface area contributed by atoms with Crippen molar-refractivity contribution >= 4 is 29.1 Å². The average Bonchev–Trinajstić information content (AvgIpc) is 2.39. The fourth-order valence-corrected chi connectivity index (χ4v) is 2.54. The van der Waals surface area contributed by atoms with E-state index in [4.69, 9.17) is 27.9 Å². The van der Waals surface area contributed by atoms with Crippen LogP contribution in [0.2, 0.25) is 10.0 Å². The zero-order chi connectivity index (χ0) is 13.8. The van der Waals surface area contributed by atoms with Gasteiger partial charge in [-0.25, -0.2) is 0 Å². The first-order chi connectivity index (χ1) is 9.08. The van der Waals surface area contributed by atoms with Crippen LogP contribution in [0, 0.1) is 0 Å². The predicted molar refractivity (Wildman–Crippen MR) is 75.6 cm³/mol. The Morgan fingerprint density at radius 2 is 2.32 bits per heavy atom. The van der Waals surface area contributed by atoms with Gasteiger partial charge >= 0.3 is 0 Å². The van der Waals surface area contributed by atoms with E-state index in [-0.39, 0.29) is 11.9 Å². The van der Waals surface area contributed by atoms with Crippen molar-refractivity contribution in [3.05, 3.63) is 33.8 Å². The second-order valence-electron chi connectivity index (χ2n) is 4.46. The SMILES string of the molecule is CC(NC(=O)C1CNCCO1)c1ccc(Cl)cc1Cl. The van der Waals surface area contributed by atoms with Crippen LogP contribution in [0.15, 0.2) is 18.2 Å². The lowest BCUT2D eigenvalue weighted by atomic mass is 10.1. The van der Waals surface area contributed by atoms with E-state index in [1.807, 2.05) is 13.0 Å². The Bertz CT molecular complexity index is 462. The molecule has 1 fully saturated rings. The second-order valence-corrected chi connectivity index (χ2v) is 5.30. The van der Waals surface area contributed by atoms with Gasteiger partial charge in [-0.2, -0.15) is 0 Å². The van der Waals surface area contributed by atoms with Crippen LogP contribution in [0.3, 0.4) is 0 Å². The van der Waals surface area contributed by atoms with E-state index < -0.39 is 6.10 Å². The minimum absolute atomic E-state index is 0.134. The highest BCUT2D eigenvalue weighted by molar-refractivity contribution is 6.35. The Kier molecular flexibility index (Phi) is 5.05. The molecule has 104 valence electrons. The van der Waals surface area contributed by atoms with Gasteiger partial charge in [-0.15, -0.1) is 0 Å². The summed E-state index contributed by atoms with van der Waals surface area (Å²) in [4.78, 5) is 12.0. The van der Waals surface area contributed by atoms with E-state index in [1.54, 1.807) is 12.1 Å². The molecule has 0 aromatic heterocycles. The van der Waals surface area contributed by atoms with Gasteiger partial charge in [-0.3, -0.25) is 4.79 Å². The molecule has 1 amide bonds. The fraction of sp³-hybridized carbons (Fsp3) is 0.462. The van der Waals surface area contributed by atoms with Crippen molar-refractivity contribution < 1.29 is 9.53 Å². The zero-order valence-electron chi connectivity index (χ0n) is 10.6. The highest BCUT2D eigenvalue weighted by Crippen LogP contribution is 2.26. The molecule has 2 atom stereocenters. The molecule has 2 unspecified atom stereocenters. The van der Waals surface area contributed by atoms with E-state index in [0.717, 1.165) is 12.1 Å². The summed E-state index contributed by atoms with van der Waals surface area (Å²) >= 11 is 12.0. The monoisotopic (exact) mass is 302 g/mol. The number of halogens is 2. The Balaban J connectivity index is 1.99. The Morgan fingerprint density at radius 3 is 2.95 bits per heavy atom. The number of rotatable bonds is 3. The summed E-state index contributed by atoms with van der Waals surface area (Å²) in [5.74, 6) is -0.134. The molecule has 0 saturated carbocycles. The molecule has 4 nitrogen and oxygen atoms in total. The van der Waals surface area contributed by atoms with E-state index in [1.165, 1.54) is 0 Å². The van der Waals surface area contributed by atoms with Gasteiger partial charge in [0.15, 0.2) is 0 Å². The van der Waals surface area contributed by atoms with Crippen LogP contribution in [0.1, 0.15) is 18.5 Å². The first-order valence-electron chi connectivity index (χ1n) is 6.15. The van der Waals surface area contributed by atoms with Crippen LogP contribution in [-0.2, 0) is 9.53 Å². The summed E-state index contributed by atoms with van der Waals surface area (Å²) in [7, 11) is 0. The topological polar surface area (TPSA) is 50.4 Å². The number of benzene rings is 1. The lowest BCUT2D eigenvalue weighted by molar-refractivity contribution is -0.134. The largest absolute Gasteiger partial charge is 0.366 e. The molecule has 1 aromatic rings. The van der Waals surface area contributed by atoms with Crippen LogP contribution >= 0.6 is 23.2 Å². The van der Waals surface area contributed by atoms with Crippen molar-refractivity contribution in [3.8, 4) is 0 Å². The number of nitrogens with one attached hydrogen (secondary N) is 2. The van der Waals surface area contributed by atoms with Crippen molar-refractivity contribution in [1.29, 1.82) is 0 Å². The van der Waals surface area contributed by atoms with E-state index in [0.29, 0.717) is 23.2 Å². The molecule has 0 bridgehead atoms. The molecule has 2 N–H and O–H groups in total. The zero-order valence-corrected chi connectivity index (χ0v) is 12.1. The minimum Gasteiger partial charge on any atom is -0.366 e. The van der Waals surface area contributed by atoms with Gasteiger partial charge in [0.2, 0.25) is 0 Å². The van der Waals surface area contributed by atoms with Gasteiger partial charge in [-0.1, -0.05) is 29.3 Å². The van der Waals surface area contributed by atoms with Crippen molar-refractivity contribution in [2.75, 3.05) is 19.7 Å². The quantitative estimate of drug-likeness (QED) is 0.899. The van der Waals surface area contributed by atoms with E-state index in [9.17, 15) is 4.79 Å². The van der Waals surface area contributed by atoms with Gasteiger partial charge in [0.25, 0.3) is 5.91 Å². The van der Waals surface area contributed by atoms with Gasteiger partial charge in [0.1, 0.15) is 6.10 Å². The van der Waals surface area contributed by atoms with Crippen molar-refractivity contribution in [2.45, 2.75) is 19.1 Å². The Labute approximate surface area is 122 Å². The number of hydrogen-bond donors (Lipinski definition) is 2. The van der Waals surface area contributed by atoms with Gasteiger partial charge in [-0.05, 0) is 24.6 Å². The normalized spacial score (nSPS) is 20.9. The Hall–Kier alpha value is -0.810. The molecule has 0 radical (unpaired) electrons. The highest BCUT2D eigenvalue weighted by Gasteiger charge is 2.23. The lowest BCUT2D eigenvalue weighted by Crippen LogP contribution is -2.48. The summed E-state index contributed by atoms with van der Waals surface area (Å²) in [6.07, 6.45) is -0.442. The smallest absolute Gasteiger partial charge is 0.250 e. The third-order valence-electron chi connectivity index (χ3n) is 3.01. The predicted octanol–water partition coefficient (Wildman–Crippen LogP) is 2.16. The molecule has 2 rings (SSSR count). The molecule has 1 heterocycles. The molecule has 0 aliphatic carbocycles. The summed E-state index contributed by atoms with van der Waals surface area (Å²) < 4.78 is 5.40. The number of hydrogen-bond acceptors (Lipinski definition) is 3. The molecule has 1 aliphatic heterocycles. The average molecular weight is 303 g/mol. The summed E-state index contributed by atoms with van der Waals surface area (Å²) in [5, 5.41) is 7.13. The first kappa shape index (κ1) is 14.6. The maximum Gasteiger partial charge on any atom is 0.250 e. The van der Waals surface area contributed by atoms with Gasteiger partial charge < -0.3 is 15.4 Å². The summed E-state index contributed by atoms with van der Waals surface area (Å²) in [5.41, 5.74) is 0.836. The molecule has 19 heavy (non-hydrogen) atoms. The van der Waals surface area contributed by atoms with Gasteiger partial charge in [0.05, 0.1) is 12.6 Å². The van der Waals surface area contributed by atoms with E-state index in [2.05, 4.69) is 10.6 Å². The standard InChI is InChI=1S/C13H16Cl2N2O2/c1-8(10-3-2-9(14)6-11(10)15)17-13(18)12-7-16-4-5-19-12/h2-3,6,8,12,16H,4-5,7H2,1H3,(H,17,18). The number of amides is 1. The number of carbonyl (C=O) groups excluding carboxylic acids is 1. The van der Waals surface area contributed by atoms with Crippen molar-refractivity contribution in [2.24, 2.45) is 0 Å². The number of ether oxygens (including phenoxy) is 1. The number of carbonyl (C=O) groups is 1. The Morgan fingerprint density at radius 1 is 1.53 bits per heavy atom. The molecule has 1 aliphatic rings. The minimum atomic E-state index is -0.442. The maximum absolute atomic E-state index is 12.0. The number of morpholine rings is 1. The molecular formula is C13H16Cl2N2O2. The molecular weight excluding hydrogens is 287 g/mol. The lowest BCUT2D eigenvalue weighted by Gasteiger charge is -2.25. The molecule has 6 heteroatoms.